The number of halogens is 2. The number of carbonyl (C=O) groups excluding carboxylic acids is 1. The highest BCUT2D eigenvalue weighted by molar-refractivity contribution is 6.31. The third kappa shape index (κ3) is 5.96. The van der Waals surface area contributed by atoms with Crippen molar-refractivity contribution in [1.82, 2.24) is 14.9 Å². The molecule has 3 aromatic rings. The van der Waals surface area contributed by atoms with Crippen LogP contribution in [0.25, 0.3) is 10.9 Å². The highest BCUT2D eigenvalue weighted by Crippen LogP contribution is 2.37. The van der Waals surface area contributed by atoms with Gasteiger partial charge in [0.15, 0.2) is 11.5 Å². The van der Waals surface area contributed by atoms with Gasteiger partial charge in [-0.3, -0.25) is 9.69 Å². The molecule has 0 radical (unpaired) electrons. The first-order valence-corrected chi connectivity index (χ1v) is 12.3. The van der Waals surface area contributed by atoms with E-state index in [1.54, 1.807) is 6.07 Å². The molecule has 0 spiro atoms. The maximum absolute atomic E-state index is 13.6. The van der Waals surface area contributed by atoms with Crippen LogP contribution in [0.1, 0.15) is 26.7 Å². The van der Waals surface area contributed by atoms with Gasteiger partial charge in [0.2, 0.25) is 0 Å². The van der Waals surface area contributed by atoms with Gasteiger partial charge in [0.25, 0.3) is 0 Å². The number of aromatic nitrogens is 2. The number of esters is 1. The number of hydrogen-bond donors (Lipinski definition) is 1. The van der Waals surface area contributed by atoms with Crippen LogP contribution >= 0.6 is 11.6 Å². The van der Waals surface area contributed by atoms with Crippen molar-refractivity contribution in [2.24, 2.45) is 5.92 Å². The van der Waals surface area contributed by atoms with E-state index in [0.29, 0.717) is 60.7 Å². The van der Waals surface area contributed by atoms with E-state index in [2.05, 4.69) is 15.3 Å². The number of cyclic esters (lactones) is 1. The monoisotopic (exact) mass is 514 g/mol. The van der Waals surface area contributed by atoms with E-state index in [0.717, 1.165) is 5.39 Å². The number of ether oxygens (including phenoxy) is 3. The number of fused-ring (bicyclic) bond motifs is 1. The quantitative estimate of drug-likeness (QED) is 0.400. The predicted molar refractivity (Wildman–Crippen MR) is 135 cm³/mol. The maximum atomic E-state index is 13.6. The second-order valence-corrected chi connectivity index (χ2v) is 10.2. The lowest BCUT2D eigenvalue weighted by atomic mass is 10.1. The molecule has 1 N–H and O–H groups in total. The van der Waals surface area contributed by atoms with E-state index in [4.69, 9.17) is 25.8 Å². The lowest BCUT2D eigenvalue weighted by Gasteiger charge is -2.37. The molecule has 36 heavy (non-hydrogen) atoms. The minimum atomic E-state index is -0.530. The van der Waals surface area contributed by atoms with Crippen LogP contribution in [0.2, 0.25) is 5.02 Å². The van der Waals surface area contributed by atoms with Crippen molar-refractivity contribution >= 4 is 40.0 Å². The van der Waals surface area contributed by atoms with E-state index in [-0.39, 0.29) is 17.5 Å². The molecule has 1 saturated heterocycles. The second kappa shape index (κ2) is 10.1. The number of nitrogens with zero attached hydrogens (tertiary/aromatic N) is 3. The summed E-state index contributed by atoms with van der Waals surface area (Å²) < 4.78 is 31.2. The molecule has 2 fully saturated rings. The molecule has 5 rings (SSSR count). The van der Waals surface area contributed by atoms with Gasteiger partial charge in [0.1, 0.15) is 30.2 Å². The van der Waals surface area contributed by atoms with E-state index in [1.807, 2.05) is 30.9 Å². The third-order valence-corrected chi connectivity index (χ3v) is 6.36. The van der Waals surface area contributed by atoms with Crippen LogP contribution in [0.5, 0.6) is 11.5 Å². The summed E-state index contributed by atoms with van der Waals surface area (Å²) in [6, 6.07) is 8.08. The lowest BCUT2D eigenvalue weighted by Crippen LogP contribution is -2.51. The number of hydrogen-bond acceptors (Lipinski definition) is 8. The molecule has 2 aromatic carbocycles. The Morgan fingerprint density at radius 3 is 2.75 bits per heavy atom. The topological polar surface area (TPSA) is 85.8 Å². The summed E-state index contributed by atoms with van der Waals surface area (Å²) in [5.74, 6) is 1.55. The summed E-state index contributed by atoms with van der Waals surface area (Å²) in [4.78, 5) is 22.7. The van der Waals surface area contributed by atoms with Gasteiger partial charge in [-0.05, 0) is 56.9 Å². The number of benzene rings is 2. The zero-order valence-corrected chi connectivity index (χ0v) is 21.0. The molecular formula is C26H28ClFN4O4. The van der Waals surface area contributed by atoms with Gasteiger partial charge < -0.3 is 19.5 Å². The highest BCUT2D eigenvalue weighted by atomic mass is 35.5. The molecule has 0 atom stereocenters. The van der Waals surface area contributed by atoms with Crippen molar-refractivity contribution in [3.05, 3.63) is 47.5 Å². The minimum absolute atomic E-state index is 0.0166. The molecule has 1 saturated carbocycles. The van der Waals surface area contributed by atoms with Crippen LogP contribution in [0.15, 0.2) is 36.7 Å². The molecule has 0 bridgehead atoms. The van der Waals surface area contributed by atoms with Gasteiger partial charge in [-0.25, -0.2) is 14.4 Å². The van der Waals surface area contributed by atoms with Crippen molar-refractivity contribution in [3.8, 4) is 11.5 Å². The average Bonchev–Trinajstić information content (AvgIpc) is 3.64. The normalized spacial score (nSPS) is 17.6. The Morgan fingerprint density at radius 1 is 1.19 bits per heavy atom. The fourth-order valence-electron chi connectivity index (χ4n) is 4.18. The van der Waals surface area contributed by atoms with Crippen LogP contribution in [-0.2, 0) is 9.53 Å². The Labute approximate surface area is 213 Å². The molecule has 1 aromatic heterocycles. The molecule has 0 amide bonds. The van der Waals surface area contributed by atoms with Crippen molar-refractivity contribution < 1.29 is 23.4 Å². The number of carbonyl (C=O) groups is 1. The van der Waals surface area contributed by atoms with Crippen LogP contribution in [0.3, 0.4) is 0 Å². The largest absolute Gasteiger partial charge is 0.489 e. The number of nitrogens with one attached hydrogen (secondary N) is 1. The number of morpholine rings is 1. The van der Waals surface area contributed by atoms with Crippen LogP contribution in [0, 0.1) is 11.7 Å². The minimum Gasteiger partial charge on any atom is -0.489 e. The van der Waals surface area contributed by atoms with E-state index < -0.39 is 11.4 Å². The highest BCUT2D eigenvalue weighted by Gasteiger charge is 2.32. The van der Waals surface area contributed by atoms with Gasteiger partial charge in [-0.15, -0.1) is 0 Å². The first-order chi connectivity index (χ1) is 17.3. The Balaban J connectivity index is 1.38. The van der Waals surface area contributed by atoms with Crippen molar-refractivity contribution in [1.29, 1.82) is 0 Å². The smallest absolute Gasteiger partial charge is 0.320 e. The van der Waals surface area contributed by atoms with Crippen molar-refractivity contribution in [2.45, 2.75) is 32.3 Å². The Hall–Kier alpha value is -3.17. The van der Waals surface area contributed by atoms with Crippen LogP contribution in [-0.4, -0.2) is 59.3 Å². The average molecular weight is 515 g/mol. The second-order valence-electron chi connectivity index (χ2n) is 9.84. The Morgan fingerprint density at radius 2 is 2.00 bits per heavy atom. The fourth-order valence-corrected chi connectivity index (χ4v) is 4.37. The van der Waals surface area contributed by atoms with E-state index in [1.165, 1.54) is 31.3 Å². The lowest BCUT2D eigenvalue weighted by molar-refractivity contribution is -0.169. The van der Waals surface area contributed by atoms with Crippen molar-refractivity contribution in [3.63, 3.8) is 0 Å². The molecule has 0 unspecified atom stereocenters. The summed E-state index contributed by atoms with van der Waals surface area (Å²) in [6.45, 7) is 6.20. The van der Waals surface area contributed by atoms with Gasteiger partial charge in [-0.1, -0.05) is 11.6 Å². The predicted octanol–water partition coefficient (Wildman–Crippen LogP) is 4.97. The van der Waals surface area contributed by atoms with Gasteiger partial charge in [0.05, 0.1) is 23.7 Å². The molecule has 1 aliphatic carbocycles. The summed E-state index contributed by atoms with van der Waals surface area (Å²) in [5.41, 5.74) is 0.745. The van der Waals surface area contributed by atoms with Crippen molar-refractivity contribution in [2.75, 3.05) is 38.2 Å². The summed E-state index contributed by atoms with van der Waals surface area (Å²) in [6.07, 6.45) is 3.79. The SMILES string of the molecule is CC1(C)CN(CCOc2cc3c(Nc4ccc(F)c(Cl)c4)ncnc3cc2OCC2CC2)CC(=O)O1. The number of anilines is 2. The summed E-state index contributed by atoms with van der Waals surface area (Å²) in [7, 11) is 0. The Kier molecular flexibility index (Phi) is 6.85. The summed E-state index contributed by atoms with van der Waals surface area (Å²) in [5, 5.41) is 3.92. The van der Waals surface area contributed by atoms with E-state index >= 15 is 0 Å². The molecule has 10 heteroatoms. The van der Waals surface area contributed by atoms with Gasteiger partial charge >= 0.3 is 5.97 Å². The molecule has 1 aliphatic heterocycles. The standard InChI is InChI=1S/C26H28ClFN4O4/c1-26(2)14-32(12-24(33)36-26)7-8-34-22-10-18-21(11-23(22)35-13-16-3-4-16)29-15-30-25(18)31-17-5-6-20(28)19(27)9-17/h5-6,9-11,15-16H,3-4,7-8,12-14H2,1-2H3,(H,29,30,31). The fraction of sp³-hybridized carbons (Fsp3) is 0.423. The Bertz CT molecular complexity index is 1280. The third-order valence-electron chi connectivity index (χ3n) is 6.07. The van der Waals surface area contributed by atoms with Crippen LogP contribution in [0.4, 0.5) is 15.9 Å². The molecule has 2 aliphatic rings. The van der Waals surface area contributed by atoms with Crippen LogP contribution < -0.4 is 14.8 Å². The first-order valence-electron chi connectivity index (χ1n) is 12.0. The van der Waals surface area contributed by atoms with Gasteiger partial charge in [0, 0.05) is 30.2 Å². The van der Waals surface area contributed by atoms with Gasteiger partial charge in [-0.2, -0.15) is 0 Å². The molecule has 2 heterocycles. The zero-order valence-electron chi connectivity index (χ0n) is 20.2. The van der Waals surface area contributed by atoms with E-state index in [9.17, 15) is 9.18 Å². The maximum Gasteiger partial charge on any atom is 0.320 e. The first kappa shape index (κ1) is 24.5. The summed E-state index contributed by atoms with van der Waals surface area (Å²) >= 11 is 5.94. The molecular weight excluding hydrogens is 487 g/mol. The zero-order chi connectivity index (χ0) is 25.3. The number of rotatable bonds is 9. The molecule has 190 valence electrons. The molecule has 8 nitrogen and oxygen atoms in total.